The molecule has 0 aliphatic rings. The van der Waals surface area contributed by atoms with Crippen molar-refractivity contribution < 1.29 is 9.66 Å². The van der Waals surface area contributed by atoms with Crippen molar-refractivity contribution >= 4 is 23.3 Å². The van der Waals surface area contributed by atoms with Gasteiger partial charge < -0.3 is 10.5 Å². The molecule has 0 amide bonds. The summed E-state index contributed by atoms with van der Waals surface area (Å²) < 4.78 is 5.22. The molecule has 0 bridgehead atoms. The van der Waals surface area contributed by atoms with Gasteiger partial charge in [-0.15, -0.1) is 0 Å². The Balaban J connectivity index is 2.29. The van der Waals surface area contributed by atoms with Gasteiger partial charge in [-0.1, -0.05) is 23.9 Å². The minimum Gasteiger partial charge on any atom is -0.496 e. The molecule has 0 aliphatic heterocycles. The van der Waals surface area contributed by atoms with Crippen LogP contribution in [0.3, 0.4) is 0 Å². The predicted molar refractivity (Wildman–Crippen MR) is 72.4 cm³/mol. The first-order chi connectivity index (χ1) is 9.11. The maximum atomic E-state index is 10.7. The maximum Gasteiger partial charge on any atom is 0.311 e. The summed E-state index contributed by atoms with van der Waals surface area (Å²) in [5, 5.41) is 11.2. The molecule has 0 spiro atoms. The molecule has 1 aromatic carbocycles. The number of nitrogens with zero attached hydrogens (tertiary/aromatic N) is 2. The van der Waals surface area contributed by atoms with Crippen LogP contribution in [0.25, 0.3) is 0 Å². The zero-order valence-electron chi connectivity index (χ0n) is 10.1. The third kappa shape index (κ3) is 2.94. The summed E-state index contributed by atoms with van der Waals surface area (Å²) in [5.41, 5.74) is 5.36. The number of rotatable bonds is 4. The number of para-hydroxylation sites is 1. The molecule has 0 saturated carbocycles. The van der Waals surface area contributed by atoms with E-state index in [1.807, 2.05) is 24.3 Å². The fourth-order valence-electron chi connectivity index (χ4n) is 1.48. The largest absolute Gasteiger partial charge is 0.496 e. The third-order valence-corrected chi connectivity index (χ3v) is 3.35. The Labute approximate surface area is 113 Å². The lowest BCUT2D eigenvalue weighted by atomic mass is 10.3. The van der Waals surface area contributed by atoms with E-state index in [9.17, 15) is 10.1 Å². The van der Waals surface area contributed by atoms with Crippen LogP contribution in [0.15, 0.2) is 46.3 Å². The van der Waals surface area contributed by atoms with Crippen LogP contribution in [0.1, 0.15) is 0 Å². The van der Waals surface area contributed by atoms with Crippen LogP contribution in [0.4, 0.5) is 11.5 Å². The number of anilines is 1. The van der Waals surface area contributed by atoms with Crippen molar-refractivity contribution in [2.24, 2.45) is 0 Å². The van der Waals surface area contributed by atoms with E-state index in [1.54, 1.807) is 13.2 Å². The van der Waals surface area contributed by atoms with Crippen molar-refractivity contribution in [1.82, 2.24) is 4.98 Å². The Morgan fingerprint density at radius 3 is 2.68 bits per heavy atom. The SMILES string of the molecule is COc1ccccc1Sc1ccc([N+](=O)[O-])c(N)n1. The van der Waals surface area contributed by atoms with Gasteiger partial charge in [-0.2, -0.15) is 0 Å². The van der Waals surface area contributed by atoms with Gasteiger partial charge in [0.15, 0.2) is 0 Å². The molecule has 0 aliphatic carbocycles. The van der Waals surface area contributed by atoms with E-state index in [0.717, 1.165) is 4.90 Å². The number of pyridine rings is 1. The van der Waals surface area contributed by atoms with Crippen molar-refractivity contribution in [3.05, 3.63) is 46.5 Å². The Kier molecular flexibility index (Phi) is 3.86. The normalized spacial score (nSPS) is 10.2. The van der Waals surface area contributed by atoms with Gasteiger partial charge in [-0.3, -0.25) is 10.1 Å². The minimum atomic E-state index is -0.556. The summed E-state index contributed by atoms with van der Waals surface area (Å²) in [5.74, 6) is 0.621. The van der Waals surface area contributed by atoms with Crippen LogP contribution >= 0.6 is 11.8 Å². The van der Waals surface area contributed by atoms with E-state index in [0.29, 0.717) is 10.8 Å². The van der Waals surface area contributed by atoms with Gasteiger partial charge in [0, 0.05) is 6.07 Å². The van der Waals surface area contributed by atoms with Crippen LogP contribution in [0, 0.1) is 10.1 Å². The topological polar surface area (TPSA) is 91.3 Å². The van der Waals surface area contributed by atoms with E-state index in [2.05, 4.69) is 4.98 Å². The van der Waals surface area contributed by atoms with Crippen LogP contribution in [-0.4, -0.2) is 17.0 Å². The number of hydrogen-bond donors (Lipinski definition) is 1. The standard InChI is InChI=1S/C12H11N3O3S/c1-18-9-4-2-3-5-10(9)19-11-7-6-8(15(16)17)12(13)14-11/h2-7H,1H3,(H2,13,14). The minimum absolute atomic E-state index is 0.0927. The van der Waals surface area contributed by atoms with Gasteiger partial charge in [0.1, 0.15) is 10.8 Å². The van der Waals surface area contributed by atoms with Crippen molar-refractivity contribution in [1.29, 1.82) is 0 Å². The second-order valence-electron chi connectivity index (χ2n) is 3.56. The number of nitrogen functional groups attached to an aromatic ring is 1. The number of benzene rings is 1. The molecule has 0 atom stereocenters. The van der Waals surface area contributed by atoms with Gasteiger partial charge in [-0.05, 0) is 18.2 Å². The first kappa shape index (κ1) is 13.2. The zero-order valence-corrected chi connectivity index (χ0v) is 10.9. The predicted octanol–water partition coefficient (Wildman–Crippen LogP) is 2.73. The average Bonchev–Trinajstić information content (AvgIpc) is 2.39. The molecule has 6 nitrogen and oxygen atoms in total. The number of nitrogens with two attached hydrogens (primary N) is 1. The van der Waals surface area contributed by atoms with Crippen molar-refractivity contribution in [3.8, 4) is 5.75 Å². The Morgan fingerprint density at radius 1 is 1.32 bits per heavy atom. The van der Waals surface area contributed by atoms with Gasteiger partial charge in [-0.25, -0.2) is 4.98 Å². The summed E-state index contributed by atoms with van der Waals surface area (Å²) in [6.45, 7) is 0. The van der Waals surface area contributed by atoms with Crippen LogP contribution in [0.2, 0.25) is 0 Å². The highest BCUT2D eigenvalue weighted by atomic mass is 32.2. The van der Waals surface area contributed by atoms with Crippen LogP contribution in [0.5, 0.6) is 5.75 Å². The highest BCUT2D eigenvalue weighted by molar-refractivity contribution is 7.99. The smallest absolute Gasteiger partial charge is 0.311 e. The van der Waals surface area contributed by atoms with E-state index in [1.165, 1.54) is 17.8 Å². The van der Waals surface area contributed by atoms with E-state index in [-0.39, 0.29) is 11.5 Å². The van der Waals surface area contributed by atoms with Gasteiger partial charge >= 0.3 is 5.69 Å². The van der Waals surface area contributed by atoms with E-state index >= 15 is 0 Å². The molecule has 98 valence electrons. The Hall–Kier alpha value is -2.28. The first-order valence-electron chi connectivity index (χ1n) is 5.33. The van der Waals surface area contributed by atoms with Gasteiger partial charge in [0.2, 0.25) is 5.82 Å². The molecule has 0 radical (unpaired) electrons. The number of nitro groups is 1. The van der Waals surface area contributed by atoms with Crippen molar-refractivity contribution in [2.45, 2.75) is 9.92 Å². The average molecular weight is 277 g/mol. The zero-order chi connectivity index (χ0) is 13.8. The molecule has 2 N–H and O–H groups in total. The summed E-state index contributed by atoms with van der Waals surface area (Å²) in [6, 6.07) is 10.4. The fraction of sp³-hybridized carbons (Fsp3) is 0.0833. The molecule has 0 unspecified atom stereocenters. The second-order valence-corrected chi connectivity index (χ2v) is 4.63. The first-order valence-corrected chi connectivity index (χ1v) is 6.15. The van der Waals surface area contributed by atoms with Gasteiger partial charge in [0.05, 0.1) is 16.9 Å². The van der Waals surface area contributed by atoms with Crippen LogP contribution < -0.4 is 10.5 Å². The maximum absolute atomic E-state index is 10.7. The molecule has 2 rings (SSSR count). The van der Waals surface area contributed by atoms with Crippen molar-refractivity contribution in [3.63, 3.8) is 0 Å². The lowest BCUT2D eigenvalue weighted by Gasteiger charge is -2.07. The molecule has 1 heterocycles. The summed E-state index contributed by atoms with van der Waals surface area (Å²) in [7, 11) is 1.58. The Morgan fingerprint density at radius 2 is 2.05 bits per heavy atom. The lowest BCUT2D eigenvalue weighted by molar-refractivity contribution is -0.384. The number of ether oxygens (including phenoxy) is 1. The molecule has 1 aromatic heterocycles. The molecular formula is C12H11N3O3S. The van der Waals surface area contributed by atoms with Crippen molar-refractivity contribution in [2.75, 3.05) is 12.8 Å². The summed E-state index contributed by atoms with van der Waals surface area (Å²) >= 11 is 1.33. The number of methoxy groups -OCH3 is 1. The molecule has 0 saturated heterocycles. The second kappa shape index (κ2) is 5.57. The quantitative estimate of drug-likeness (QED) is 0.682. The highest BCUT2D eigenvalue weighted by Crippen LogP contribution is 2.35. The molecule has 7 heteroatoms. The summed E-state index contributed by atoms with van der Waals surface area (Å²) in [4.78, 5) is 15.0. The third-order valence-electron chi connectivity index (χ3n) is 2.36. The monoisotopic (exact) mass is 277 g/mol. The summed E-state index contributed by atoms with van der Waals surface area (Å²) in [6.07, 6.45) is 0. The number of aromatic nitrogens is 1. The highest BCUT2D eigenvalue weighted by Gasteiger charge is 2.14. The van der Waals surface area contributed by atoms with Gasteiger partial charge in [0.25, 0.3) is 0 Å². The lowest BCUT2D eigenvalue weighted by Crippen LogP contribution is -1.98. The molecule has 0 fully saturated rings. The molecule has 2 aromatic rings. The van der Waals surface area contributed by atoms with E-state index < -0.39 is 4.92 Å². The molecule has 19 heavy (non-hydrogen) atoms. The number of hydrogen-bond acceptors (Lipinski definition) is 6. The van der Waals surface area contributed by atoms with Crippen LogP contribution in [-0.2, 0) is 0 Å². The Bertz CT molecular complexity index is 619. The molecular weight excluding hydrogens is 266 g/mol. The fourth-order valence-corrected chi connectivity index (χ4v) is 2.38. The van der Waals surface area contributed by atoms with E-state index in [4.69, 9.17) is 10.5 Å².